The van der Waals surface area contributed by atoms with Gasteiger partial charge >= 0.3 is 0 Å². The second kappa shape index (κ2) is 6.95. The summed E-state index contributed by atoms with van der Waals surface area (Å²) in [4.78, 5) is 0. The van der Waals surface area contributed by atoms with Crippen molar-refractivity contribution in [2.45, 2.75) is 45.6 Å². The van der Waals surface area contributed by atoms with Gasteiger partial charge in [-0.25, -0.2) is 0 Å². The highest BCUT2D eigenvalue weighted by molar-refractivity contribution is 5.34. The summed E-state index contributed by atoms with van der Waals surface area (Å²) < 4.78 is 5.49. The summed E-state index contributed by atoms with van der Waals surface area (Å²) in [6.07, 6.45) is 5.22. The molecule has 0 aromatic heterocycles. The summed E-state index contributed by atoms with van der Waals surface area (Å²) in [5, 5.41) is 3.70. The Morgan fingerprint density at radius 2 is 2.11 bits per heavy atom. The molecule has 0 amide bonds. The number of hydrogen-bond donors (Lipinski definition) is 1. The van der Waals surface area contributed by atoms with Crippen LogP contribution in [-0.2, 0) is 6.42 Å². The third-order valence-corrected chi connectivity index (χ3v) is 4.54. The fourth-order valence-electron chi connectivity index (χ4n) is 3.52. The zero-order valence-electron chi connectivity index (χ0n) is 12.5. The largest absolute Gasteiger partial charge is 0.496 e. The highest BCUT2D eigenvalue weighted by atomic mass is 16.5. The molecule has 3 unspecified atom stereocenters. The molecule has 1 aromatic carbocycles. The SMILES string of the molecule is CCNC(Cc1ccccc1OC)C1CCCC1C. The number of ether oxygens (including phenoxy) is 1. The van der Waals surface area contributed by atoms with E-state index in [1.807, 2.05) is 6.07 Å². The van der Waals surface area contributed by atoms with Gasteiger partial charge in [-0.15, -0.1) is 0 Å². The molecule has 0 heterocycles. The molecule has 0 saturated heterocycles. The van der Waals surface area contributed by atoms with Crippen LogP contribution in [0.2, 0.25) is 0 Å². The lowest BCUT2D eigenvalue weighted by Crippen LogP contribution is -2.39. The molecule has 1 aromatic rings. The van der Waals surface area contributed by atoms with Gasteiger partial charge in [-0.1, -0.05) is 44.9 Å². The fourth-order valence-corrected chi connectivity index (χ4v) is 3.52. The molecule has 0 radical (unpaired) electrons. The molecule has 0 bridgehead atoms. The molecule has 2 rings (SSSR count). The second-order valence-corrected chi connectivity index (χ2v) is 5.75. The Bertz CT molecular complexity index is 391. The smallest absolute Gasteiger partial charge is 0.122 e. The molecule has 2 nitrogen and oxygen atoms in total. The van der Waals surface area contributed by atoms with E-state index in [1.54, 1.807) is 7.11 Å². The van der Waals surface area contributed by atoms with Gasteiger partial charge in [-0.2, -0.15) is 0 Å². The Morgan fingerprint density at radius 1 is 1.32 bits per heavy atom. The Hall–Kier alpha value is -1.02. The van der Waals surface area contributed by atoms with Gasteiger partial charge in [0, 0.05) is 6.04 Å². The molecular weight excluding hydrogens is 234 g/mol. The van der Waals surface area contributed by atoms with E-state index in [0.717, 1.165) is 30.6 Å². The van der Waals surface area contributed by atoms with Crippen LogP contribution in [0.25, 0.3) is 0 Å². The first-order valence-electron chi connectivity index (χ1n) is 7.61. The Balaban J connectivity index is 2.11. The van der Waals surface area contributed by atoms with Gasteiger partial charge in [-0.05, 0) is 42.9 Å². The molecule has 1 aliphatic carbocycles. The highest BCUT2D eigenvalue weighted by Gasteiger charge is 2.30. The first kappa shape index (κ1) is 14.4. The quantitative estimate of drug-likeness (QED) is 0.844. The van der Waals surface area contributed by atoms with Crippen molar-refractivity contribution in [2.24, 2.45) is 11.8 Å². The van der Waals surface area contributed by atoms with E-state index in [0.29, 0.717) is 6.04 Å². The van der Waals surface area contributed by atoms with Crippen molar-refractivity contribution < 1.29 is 4.74 Å². The van der Waals surface area contributed by atoms with E-state index in [1.165, 1.54) is 24.8 Å². The number of benzene rings is 1. The van der Waals surface area contributed by atoms with E-state index in [4.69, 9.17) is 4.74 Å². The minimum atomic E-state index is 0.582. The normalized spacial score (nSPS) is 24.4. The number of hydrogen-bond acceptors (Lipinski definition) is 2. The van der Waals surface area contributed by atoms with E-state index in [9.17, 15) is 0 Å². The Morgan fingerprint density at radius 3 is 2.74 bits per heavy atom. The van der Waals surface area contributed by atoms with E-state index in [-0.39, 0.29) is 0 Å². The van der Waals surface area contributed by atoms with Gasteiger partial charge in [0.05, 0.1) is 7.11 Å². The first-order chi connectivity index (χ1) is 9.26. The molecule has 1 N–H and O–H groups in total. The van der Waals surface area contributed by atoms with Crippen LogP contribution in [-0.4, -0.2) is 19.7 Å². The van der Waals surface area contributed by atoms with Gasteiger partial charge in [-0.3, -0.25) is 0 Å². The van der Waals surface area contributed by atoms with Crippen LogP contribution < -0.4 is 10.1 Å². The molecule has 1 saturated carbocycles. The molecular formula is C17H27NO. The van der Waals surface area contributed by atoms with Crippen molar-refractivity contribution in [1.29, 1.82) is 0 Å². The van der Waals surface area contributed by atoms with Crippen LogP contribution in [0.5, 0.6) is 5.75 Å². The summed E-state index contributed by atoms with van der Waals surface area (Å²) in [6.45, 7) is 5.65. The molecule has 0 aliphatic heterocycles. The lowest BCUT2D eigenvalue weighted by molar-refractivity contribution is 0.296. The second-order valence-electron chi connectivity index (χ2n) is 5.75. The van der Waals surface area contributed by atoms with Crippen LogP contribution in [0.3, 0.4) is 0 Å². The molecule has 1 fully saturated rings. The maximum absolute atomic E-state index is 5.49. The monoisotopic (exact) mass is 261 g/mol. The fraction of sp³-hybridized carbons (Fsp3) is 0.647. The molecule has 1 aliphatic rings. The average molecular weight is 261 g/mol. The zero-order chi connectivity index (χ0) is 13.7. The molecule has 2 heteroatoms. The van der Waals surface area contributed by atoms with E-state index >= 15 is 0 Å². The molecule has 3 atom stereocenters. The van der Waals surface area contributed by atoms with Gasteiger partial charge < -0.3 is 10.1 Å². The average Bonchev–Trinajstić information content (AvgIpc) is 2.85. The number of rotatable bonds is 6. The van der Waals surface area contributed by atoms with Gasteiger partial charge in [0.25, 0.3) is 0 Å². The maximum Gasteiger partial charge on any atom is 0.122 e. The standard InChI is InChI=1S/C17H27NO/c1-4-18-16(15-10-7-8-13(15)2)12-14-9-5-6-11-17(14)19-3/h5-6,9,11,13,15-16,18H,4,7-8,10,12H2,1-3H3. The third kappa shape index (κ3) is 3.50. The van der Waals surface area contributed by atoms with Crippen molar-refractivity contribution in [3.8, 4) is 5.75 Å². The van der Waals surface area contributed by atoms with Crippen LogP contribution in [0.4, 0.5) is 0 Å². The van der Waals surface area contributed by atoms with Gasteiger partial charge in [0.15, 0.2) is 0 Å². The van der Waals surface area contributed by atoms with E-state index < -0.39 is 0 Å². The molecule has 0 spiro atoms. The van der Waals surface area contributed by atoms with Crippen molar-refractivity contribution in [3.63, 3.8) is 0 Å². The lowest BCUT2D eigenvalue weighted by Gasteiger charge is -2.28. The predicted molar refractivity (Wildman–Crippen MR) is 80.7 cm³/mol. The van der Waals surface area contributed by atoms with Gasteiger partial charge in [0.1, 0.15) is 5.75 Å². The first-order valence-corrected chi connectivity index (χ1v) is 7.61. The third-order valence-electron chi connectivity index (χ3n) is 4.54. The lowest BCUT2D eigenvalue weighted by atomic mass is 9.86. The number of likely N-dealkylation sites (N-methyl/N-ethyl adjacent to an activating group) is 1. The number of para-hydroxylation sites is 1. The molecule has 19 heavy (non-hydrogen) atoms. The minimum Gasteiger partial charge on any atom is -0.496 e. The van der Waals surface area contributed by atoms with Crippen molar-refractivity contribution in [3.05, 3.63) is 29.8 Å². The Kier molecular flexibility index (Phi) is 5.26. The van der Waals surface area contributed by atoms with Crippen molar-refractivity contribution in [1.82, 2.24) is 5.32 Å². The minimum absolute atomic E-state index is 0.582. The van der Waals surface area contributed by atoms with Crippen LogP contribution in [0.1, 0.15) is 38.7 Å². The summed E-state index contributed by atoms with van der Waals surface area (Å²) in [5.41, 5.74) is 1.33. The van der Waals surface area contributed by atoms with Crippen LogP contribution in [0.15, 0.2) is 24.3 Å². The van der Waals surface area contributed by atoms with Crippen LogP contribution >= 0.6 is 0 Å². The maximum atomic E-state index is 5.49. The van der Waals surface area contributed by atoms with E-state index in [2.05, 4.69) is 37.4 Å². The zero-order valence-corrected chi connectivity index (χ0v) is 12.5. The van der Waals surface area contributed by atoms with Crippen molar-refractivity contribution >= 4 is 0 Å². The number of nitrogens with one attached hydrogen (secondary N) is 1. The summed E-state index contributed by atoms with van der Waals surface area (Å²) in [5.74, 6) is 2.68. The summed E-state index contributed by atoms with van der Waals surface area (Å²) in [6, 6.07) is 9.00. The van der Waals surface area contributed by atoms with Gasteiger partial charge in [0.2, 0.25) is 0 Å². The highest BCUT2D eigenvalue weighted by Crippen LogP contribution is 2.35. The summed E-state index contributed by atoms with van der Waals surface area (Å²) >= 11 is 0. The topological polar surface area (TPSA) is 21.3 Å². The Labute approximate surface area is 117 Å². The molecule has 106 valence electrons. The predicted octanol–water partition coefficient (Wildman–Crippen LogP) is 3.65. The number of methoxy groups -OCH3 is 1. The van der Waals surface area contributed by atoms with Crippen LogP contribution in [0, 0.1) is 11.8 Å². The van der Waals surface area contributed by atoms with Crippen molar-refractivity contribution in [2.75, 3.05) is 13.7 Å². The summed E-state index contributed by atoms with van der Waals surface area (Å²) in [7, 11) is 1.76.